The summed E-state index contributed by atoms with van der Waals surface area (Å²) >= 11 is 0. The number of amides is 5. The number of carboxylic acid groups (broad SMARTS) is 1. The third-order valence-electron chi connectivity index (χ3n) is 5.25. The summed E-state index contributed by atoms with van der Waals surface area (Å²) in [6.45, 7) is 6.71. The Bertz CT molecular complexity index is 831. The van der Waals surface area contributed by atoms with Crippen LogP contribution in [0.2, 0.25) is 0 Å². The molecule has 0 bridgehead atoms. The first-order valence-corrected chi connectivity index (χ1v) is 11.6. The molecular weight excluding hydrogens is 478 g/mol. The highest BCUT2D eigenvalue weighted by Gasteiger charge is 2.32. The number of aliphatic hydroxyl groups is 1. The molecule has 5 amide bonds. The molecule has 0 spiro atoms. The van der Waals surface area contributed by atoms with Crippen molar-refractivity contribution in [2.24, 2.45) is 5.92 Å². The second kappa shape index (κ2) is 16.2. The molecule has 0 aromatic carbocycles. The maximum absolute atomic E-state index is 12.7. The highest BCUT2D eigenvalue weighted by atomic mass is 16.4. The van der Waals surface area contributed by atoms with Crippen LogP contribution < -0.4 is 26.6 Å². The maximum atomic E-state index is 12.7. The van der Waals surface area contributed by atoms with Gasteiger partial charge in [-0.25, -0.2) is 0 Å². The average molecular weight is 516 g/mol. The molecule has 0 aromatic heterocycles. The monoisotopic (exact) mass is 515 g/mol. The van der Waals surface area contributed by atoms with Gasteiger partial charge < -0.3 is 36.8 Å². The normalized spacial score (nSPS) is 14.7. The van der Waals surface area contributed by atoms with Crippen LogP contribution in [0.5, 0.6) is 0 Å². The van der Waals surface area contributed by atoms with E-state index in [-0.39, 0.29) is 25.3 Å². The molecule has 0 aliphatic carbocycles. The Kier molecular flexibility index (Phi) is 14.6. The van der Waals surface area contributed by atoms with Crippen molar-refractivity contribution < 1.29 is 43.8 Å². The van der Waals surface area contributed by atoms with Gasteiger partial charge in [-0.1, -0.05) is 27.2 Å². The van der Waals surface area contributed by atoms with Gasteiger partial charge in [0.2, 0.25) is 29.4 Å². The fraction of sp³-hybridized carbons (Fsp3) is 0.682. The number of Topliss-reactive ketones (excluding diaryl/α,β-unsaturated/α-hetero) is 1. The van der Waals surface area contributed by atoms with E-state index in [0.717, 1.165) is 0 Å². The van der Waals surface area contributed by atoms with Crippen molar-refractivity contribution in [3.05, 3.63) is 0 Å². The van der Waals surface area contributed by atoms with Gasteiger partial charge in [0.25, 0.3) is 5.91 Å². The van der Waals surface area contributed by atoms with E-state index in [1.807, 2.05) is 6.92 Å². The summed E-state index contributed by atoms with van der Waals surface area (Å²) in [7, 11) is 0. The zero-order valence-corrected chi connectivity index (χ0v) is 21.2. The van der Waals surface area contributed by atoms with Gasteiger partial charge in [-0.3, -0.25) is 33.6 Å². The number of carbonyl (C=O) groups excluding carboxylic acids is 6. The second-order valence-electron chi connectivity index (χ2n) is 8.30. The van der Waals surface area contributed by atoms with Gasteiger partial charge in [-0.2, -0.15) is 0 Å². The van der Waals surface area contributed by atoms with E-state index in [1.165, 1.54) is 20.8 Å². The number of ketones is 1. The first-order valence-electron chi connectivity index (χ1n) is 11.6. The number of aliphatic hydroxyl groups excluding tert-OH is 1. The largest absolute Gasteiger partial charge is 0.481 e. The molecule has 0 aliphatic heterocycles. The smallest absolute Gasteiger partial charge is 0.305 e. The van der Waals surface area contributed by atoms with Crippen LogP contribution in [0.4, 0.5) is 0 Å². The molecule has 36 heavy (non-hydrogen) atoms. The molecule has 14 heteroatoms. The lowest BCUT2D eigenvalue weighted by Gasteiger charge is -2.27. The quantitative estimate of drug-likeness (QED) is 0.108. The van der Waals surface area contributed by atoms with Gasteiger partial charge in [-0.15, -0.1) is 0 Å². The molecule has 0 aliphatic rings. The lowest BCUT2D eigenvalue weighted by Crippen LogP contribution is -2.59. The van der Waals surface area contributed by atoms with Gasteiger partial charge in [0, 0.05) is 13.5 Å². The molecule has 0 fully saturated rings. The summed E-state index contributed by atoms with van der Waals surface area (Å²) < 4.78 is 0. The third kappa shape index (κ3) is 11.7. The highest BCUT2D eigenvalue weighted by Crippen LogP contribution is 2.09. The van der Waals surface area contributed by atoms with Crippen LogP contribution >= 0.6 is 0 Å². The van der Waals surface area contributed by atoms with E-state index in [2.05, 4.69) is 26.6 Å². The number of carboxylic acids is 1. The van der Waals surface area contributed by atoms with E-state index < -0.39 is 72.1 Å². The Morgan fingerprint density at radius 2 is 1.42 bits per heavy atom. The lowest BCUT2D eigenvalue weighted by molar-refractivity contribution is -0.141. The molecule has 0 saturated carbocycles. The van der Waals surface area contributed by atoms with Crippen molar-refractivity contribution in [1.29, 1.82) is 0 Å². The van der Waals surface area contributed by atoms with Crippen LogP contribution in [0.25, 0.3) is 0 Å². The Labute approximate surface area is 209 Å². The minimum atomic E-state index is -1.44. The van der Waals surface area contributed by atoms with Gasteiger partial charge in [0.15, 0.2) is 0 Å². The standard InChI is InChI=1S/C22H37N5O9/c1-6-11(3)17(25-13(5)29)21(35)27-18(12(4)28)20(34)24-10-15(30)26-14(7-2)19(33)22(36)23-9-8-16(31)32/h11-12,14,17-18,28H,6-10H2,1-5H3,(H,23,36)(H,24,34)(H,25,29)(H,26,30)(H,27,35)(H,31,32)/t11-,12+,14?,17-,18-/m0/s1. The molecule has 0 rings (SSSR count). The molecule has 7 N–H and O–H groups in total. The number of hydrogen-bond donors (Lipinski definition) is 7. The Hall–Kier alpha value is -3.55. The first-order chi connectivity index (χ1) is 16.7. The van der Waals surface area contributed by atoms with Gasteiger partial charge >= 0.3 is 5.97 Å². The van der Waals surface area contributed by atoms with Crippen LogP contribution in [0, 0.1) is 5.92 Å². The van der Waals surface area contributed by atoms with E-state index in [9.17, 15) is 38.7 Å². The van der Waals surface area contributed by atoms with Crippen molar-refractivity contribution in [1.82, 2.24) is 26.6 Å². The molecule has 0 heterocycles. The van der Waals surface area contributed by atoms with Crippen molar-refractivity contribution >= 4 is 41.3 Å². The minimum Gasteiger partial charge on any atom is -0.481 e. The van der Waals surface area contributed by atoms with Crippen LogP contribution in [0.1, 0.15) is 53.9 Å². The van der Waals surface area contributed by atoms with Crippen LogP contribution in [0.3, 0.4) is 0 Å². The molecule has 5 atom stereocenters. The van der Waals surface area contributed by atoms with Gasteiger partial charge in [0.05, 0.1) is 25.1 Å². The van der Waals surface area contributed by atoms with Crippen molar-refractivity contribution in [3.8, 4) is 0 Å². The average Bonchev–Trinajstić information content (AvgIpc) is 2.80. The fourth-order valence-corrected chi connectivity index (χ4v) is 2.97. The number of carbonyl (C=O) groups is 7. The van der Waals surface area contributed by atoms with E-state index in [4.69, 9.17) is 5.11 Å². The fourth-order valence-electron chi connectivity index (χ4n) is 2.97. The van der Waals surface area contributed by atoms with Gasteiger partial charge in [-0.05, 0) is 19.3 Å². The number of aliphatic carboxylic acids is 1. The van der Waals surface area contributed by atoms with Crippen LogP contribution in [-0.4, -0.2) is 88.8 Å². The summed E-state index contributed by atoms with van der Waals surface area (Å²) in [6.07, 6.45) is -1.11. The van der Waals surface area contributed by atoms with Crippen LogP contribution in [0.15, 0.2) is 0 Å². The predicted octanol–water partition coefficient (Wildman–Crippen LogP) is -2.43. The topological polar surface area (TPSA) is 220 Å². The maximum Gasteiger partial charge on any atom is 0.305 e. The number of nitrogens with one attached hydrogen (secondary N) is 5. The molecule has 0 radical (unpaired) electrons. The summed E-state index contributed by atoms with van der Waals surface area (Å²) in [5.41, 5.74) is 0. The van der Waals surface area contributed by atoms with E-state index in [1.54, 1.807) is 6.92 Å². The molecule has 0 saturated heterocycles. The van der Waals surface area contributed by atoms with E-state index >= 15 is 0 Å². The summed E-state index contributed by atoms with van der Waals surface area (Å²) in [4.78, 5) is 83.5. The Balaban J connectivity index is 5.03. The lowest BCUT2D eigenvalue weighted by atomic mass is 9.97. The zero-order valence-electron chi connectivity index (χ0n) is 21.2. The Morgan fingerprint density at radius 3 is 1.89 bits per heavy atom. The van der Waals surface area contributed by atoms with Crippen LogP contribution in [-0.2, 0) is 33.6 Å². The highest BCUT2D eigenvalue weighted by molar-refractivity contribution is 6.38. The summed E-state index contributed by atoms with van der Waals surface area (Å²) in [5, 5.41) is 30.1. The molecular formula is C22H37N5O9. The summed E-state index contributed by atoms with van der Waals surface area (Å²) in [6, 6.07) is -3.59. The molecule has 0 aromatic rings. The van der Waals surface area contributed by atoms with Crippen molar-refractivity contribution in [2.75, 3.05) is 13.1 Å². The van der Waals surface area contributed by atoms with Crippen molar-refractivity contribution in [2.45, 2.75) is 78.1 Å². The SMILES string of the molecule is CCC(NC(=O)CNC(=O)[C@@H](NC(=O)[C@@H](NC(C)=O)[C@@H](C)CC)[C@@H](C)O)C(=O)C(=O)NCCC(=O)O. The third-order valence-corrected chi connectivity index (χ3v) is 5.25. The molecule has 204 valence electrons. The number of hydrogen-bond acceptors (Lipinski definition) is 8. The zero-order chi connectivity index (χ0) is 28.0. The minimum absolute atomic E-state index is 0.0530. The second-order valence-corrected chi connectivity index (χ2v) is 8.30. The predicted molar refractivity (Wildman–Crippen MR) is 126 cm³/mol. The number of rotatable bonds is 16. The molecule has 14 nitrogen and oxygen atoms in total. The van der Waals surface area contributed by atoms with Crippen molar-refractivity contribution in [3.63, 3.8) is 0 Å². The molecule has 1 unspecified atom stereocenters. The first kappa shape index (κ1) is 32.5. The van der Waals surface area contributed by atoms with Gasteiger partial charge in [0.1, 0.15) is 12.1 Å². The Morgan fingerprint density at radius 1 is 0.806 bits per heavy atom. The van der Waals surface area contributed by atoms with E-state index in [0.29, 0.717) is 6.42 Å². The summed E-state index contributed by atoms with van der Waals surface area (Å²) in [5.74, 6) is -6.28.